The summed E-state index contributed by atoms with van der Waals surface area (Å²) in [6, 6.07) is 8.18. The fourth-order valence-corrected chi connectivity index (χ4v) is 1.96. The van der Waals surface area contributed by atoms with E-state index in [1.54, 1.807) is 12.1 Å². The first-order valence-electron chi connectivity index (χ1n) is 6.83. The summed E-state index contributed by atoms with van der Waals surface area (Å²) >= 11 is 0. The third kappa shape index (κ3) is 4.04. The Labute approximate surface area is 137 Å². The predicted octanol–water partition coefficient (Wildman–Crippen LogP) is 2.46. The quantitative estimate of drug-likeness (QED) is 0.494. The van der Waals surface area contributed by atoms with Gasteiger partial charge in [0.2, 0.25) is 5.91 Å². The van der Waals surface area contributed by atoms with Gasteiger partial charge >= 0.3 is 5.97 Å². The largest absolute Gasteiger partial charge is 0.508 e. The van der Waals surface area contributed by atoms with Gasteiger partial charge in [-0.2, -0.15) is 0 Å². The highest BCUT2D eigenvalue weighted by Crippen LogP contribution is 2.27. The van der Waals surface area contributed by atoms with Gasteiger partial charge in [0.05, 0.1) is 18.4 Å². The van der Waals surface area contributed by atoms with Crippen molar-refractivity contribution >= 4 is 23.6 Å². The fraction of sp³-hybridized carbons (Fsp3) is 0.0588. The maximum Gasteiger partial charge on any atom is 0.337 e. The smallest absolute Gasteiger partial charge is 0.337 e. The lowest BCUT2D eigenvalue weighted by Gasteiger charge is -2.07. The van der Waals surface area contributed by atoms with E-state index in [2.05, 4.69) is 5.32 Å². The average molecular weight is 329 g/mol. The monoisotopic (exact) mass is 329 g/mol. The topological polar surface area (TPSA) is 116 Å². The number of amides is 1. The molecule has 0 aliphatic rings. The predicted molar refractivity (Wildman–Crippen MR) is 87.4 cm³/mol. The highest BCUT2D eigenvalue weighted by molar-refractivity contribution is 6.06. The van der Waals surface area contributed by atoms with E-state index in [-0.39, 0.29) is 28.5 Å². The maximum absolute atomic E-state index is 11.9. The lowest BCUT2D eigenvalue weighted by atomic mass is 10.1. The zero-order valence-electron chi connectivity index (χ0n) is 12.7. The van der Waals surface area contributed by atoms with Crippen LogP contribution in [0.1, 0.15) is 15.9 Å². The van der Waals surface area contributed by atoms with Crippen LogP contribution in [0.25, 0.3) is 6.08 Å². The number of carbonyl (C=O) groups excluding carboxylic acids is 1. The first kappa shape index (κ1) is 16.9. The molecule has 0 aliphatic heterocycles. The summed E-state index contributed by atoms with van der Waals surface area (Å²) in [4.78, 5) is 23.1. The number of anilines is 1. The number of ether oxygens (including phenoxy) is 1. The van der Waals surface area contributed by atoms with E-state index < -0.39 is 11.9 Å². The molecule has 0 fully saturated rings. The highest BCUT2D eigenvalue weighted by atomic mass is 16.5. The molecule has 0 saturated heterocycles. The molecule has 0 radical (unpaired) electrons. The van der Waals surface area contributed by atoms with E-state index >= 15 is 0 Å². The van der Waals surface area contributed by atoms with Gasteiger partial charge in [-0.1, -0.05) is 6.07 Å². The lowest BCUT2D eigenvalue weighted by Crippen LogP contribution is -2.11. The van der Waals surface area contributed by atoms with Crippen LogP contribution in [0.2, 0.25) is 0 Å². The van der Waals surface area contributed by atoms with Crippen LogP contribution in [0.4, 0.5) is 5.69 Å². The highest BCUT2D eigenvalue weighted by Gasteiger charge is 2.12. The number of phenols is 2. The molecule has 0 unspecified atom stereocenters. The molecule has 0 spiro atoms. The molecule has 4 N–H and O–H groups in total. The molecule has 24 heavy (non-hydrogen) atoms. The Morgan fingerprint density at radius 3 is 2.54 bits per heavy atom. The van der Waals surface area contributed by atoms with Crippen molar-refractivity contribution in [2.45, 2.75) is 0 Å². The van der Waals surface area contributed by atoms with E-state index in [1.807, 2.05) is 0 Å². The van der Waals surface area contributed by atoms with Gasteiger partial charge < -0.3 is 25.4 Å². The Kier molecular flexibility index (Phi) is 5.06. The SMILES string of the molecule is COc1cc(/C=C/C(=O)Nc2ccc(O)cc2C(=O)O)ccc1O. The van der Waals surface area contributed by atoms with Gasteiger partial charge in [-0.25, -0.2) is 4.79 Å². The Morgan fingerprint density at radius 1 is 1.12 bits per heavy atom. The maximum atomic E-state index is 11.9. The van der Waals surface area contributed by atoms with E-state index in [0.29, 0.717) is 5.56 Å². The third-order valence-corrected chi connectivity index (χ3v) is 3.12. The van der Waals surface area contributed by atoms with Crippen molar-refractivity contribution in [3.8, 4) is 17.2 Å². The second kappa shape index (κ2) is 7.19. The number of aromatic hydroxyl groups is 2. The number of carboxylic acids is 1. The zero-order valence-corrected chi connectivity index (χ0v) is 12.7. The fourth-order valence-electron chi connectivity index (χ4n) is 1.96. The van der Waals surface area contributed by atoms with E-state index in [9.17, 15) is 19.8 Å². The van der Waals surface area contributed by atoms with Crippen molar-refractivity contribution in [1.29, 1.82) is 0 Å². The zero-order chi connectivity index (χ0) is 17.7. The number of phenolic OH excluding ortho intramolecular Hbond substituents is 2. The average Bonchev–Trinajstić information content (AvgIpc) is 2.55. The molecule has 7 heteroatoms. The number of carboxylic acid groups (broad SMARTS) is 1. The van der Waals surface area contributed by atoms with Crippen LogP contribution in [-0.4, -0.2) is 34.3 Å². The molecule has 2 aromatic carbocycles. The van der Waals surface area contributed by atoms with E-state index in [4.69, 9.17) is 9.84 Å². The number of benzene rings is 2. The normalized spacial score (nSPS) is 10.5. The van der Waals surface area contributed by atoms with Crippen LogP contribution in [0.3, 0.4) is 0 Å². The van der Waals surface area contributed by atoms with E-state index in [0.717, 1.165) is 6.07 Å². The molecule has 2 aromatic rings. The van der Waals surface area contributed by atoms with Crippen LogP contribution in [0, 0.1) is 0 Å². The molecule has 1 amide bonds. The molecule has 0 aliphatic carbocycles. The van der Waals surface area contributed by atoms with Crippen molar-refractivity contribution in [1.82, 2.24) is 0 Å². The minimum absolute atomic E-state index is 0.0192. The summed E-state index contributed by atoms with van der Waals surface area (Å²) in [5.41, 5.74) is 0.463. The first-order valence-corrected chi connectivity index (χ1v) is 6.83. The molecule has 0 bridgehead atoms. The summed E-state index contributed by atoms with van der Waals surface area (Å²) in [5, 5.41) is 30.3. The molecule has 0 aromatic heterocycles. The van der Waals surface area contributed by atoms with Crippen LogP contribution >= 0.6 is 0 Å². The number of hydrogen-bond donors (Lipinski definition) is 4. The molecular weight excluding hydrogens is 314 g/mol. The van der Waals surface area contributed by atoms with Gasteiger partial charge in [-0.3, -0.25) is 4.79 Å². The minimum atomic E-state index is -1.27. The van der Waals surface area contributed by atoms with Gasteiger partial charge in [0.25, 0.3) is 0 Å². The Bertz CT molecular complexity index is 813. The van der Waals surface area contributed by atoms with Gasteiger partial charge in [0.1, 0.15) is 5.75 Å². The summed E-state index contributed by atoms with van der Waals surface area (Å²) in [6.45, 7) is 0. The Balaban J connectivity index is 2.15. The van der Waals surface area contributed by atoms with Gasteiger partial charge in [-0.05, 0) is 42.0 Å². The molecule has 0 atom stereocenters. The van der Waals surface area contributed by atoms with Crippen molar-refractivity contribution in [3.05, 3.63) is 53.6 Å². The summed E-state index contributed by atoms with van der Waals surface area (Å²) < 4.78 is 4.97. The second-order valence-electron chi connectivity index (χ2n) is 4.79. The number of hydrogen-bond acceptors (Lipinski definition) is 5. The number of carbonyl (C=O) groups is 2. The Hall–Kier alpha value is -3.48. The number of rotatable bonds is 5. The number of aromatic carboxylic acids is 1. The number of methoxy groups -OCH3 is 1. The Morgan fingerprint density at radius 2 is 1.88 bits per heavy atom. The first-order chi connectivity index (χ1) is 11.4. The molecular formula is C17H15NO6. The van der Waals surface area contributed by atoms with Gasteiger partial charge in [-0.15, -0.1) is 0 Å². The van der Waals surface area contributed by atoms with E-state index in [1.165, 1.54) is 37.5 Å². The van der Waals surface area contributed by atoms with Crippen LogP contribution in [0.5, 0.6) is 17.2 Å². The molecule has 0 heterocycles. The van der Waals surface area contributed by atoms with Crippen LogP contribution < -0.4 is 10.1 Å². The summed E-state index contributed by atoms with van der Waals surface area (Å²) in [5.74, 6) is -1.78. The molecule has 7 nitrogen and oxygen atoms in total. The molecule has 0 saturated carbocycles. The lowest BCUT2D eigenvalue weighted by molar-refractivity contribution is -0.111. The van der Waals surface area contributed by atoms with Crippen molar-refractivity contribution < 1.29 is 29.6 Å². The minimum Gasteiger partial charge on any atom is -0.508 e. The van der Waals surface area contributed by atoms with Gasteiger partial charge in [0, 0.05) is 6.08 Å². The third-order valence-electron chi connectivity index (χ3n) is 3.12. The molecule has 2 rings (SSSR count). The molecule has 124 valence electrons. The van der Waals surface area contributed by atoms with Crippen LogP contribution in [0.15, 0.2) is 42.5 Å². The standard InChI is InChI=1S/C17H15NO6/c1-24-15-8-10(2-6-14(15)20)3-7-16(21)18-13-5-4-11(19)9-12(13)17(22)23/h2-9,19-20H,1H3,(H,18,21)(H,22,23)/b7-3+. The van der Waals surface area contributed by atoms with Crippen molar-refractivity contribution in [3.63, 3.8) is 0 Å². The summed E-state index contributed by atoms with van der Waals surface area (Å²) in [7, 11) is 1.41. The van der Waals surface area contributed by atoms with Crippen molar-refractivity contribution in [2.75, 3.05) is 12.4 Å². The number of nitrogens with one attached hydrogen (secondary N) is 1. The van der Waals surface area contributed by atoms with Gasteiger partial charge in [0.15, 0.2) is 11.5 Å². The van der Waals surface area contributed by atoms with Crippen LogP contribution in [-0.2, 0) is 4.79 Å². The van der Waals surface area contributed by atoms with Crippen molar-refractivity contribution in [2.24, 2.45) is 0 Å². The summed E-state index contributed by atoms with van der Waals surface area (Å²) in [6.07, 6.45) is 2.70. The second-order valence-corrected chi connectivity index (χ2v) is 4.79.